The van der Waals surface area contributed by atoms with Crippen molar-refractivity contribution in [1.29, 1.82) is 0 Å². The molecule has 0 unspecified atom stereocenters. The molecule has 0 bridgehead atoms. The van der Waals surface area contributed by atoms with Gasteiger partial charge < -0.3 is 5.32 Å². The van der Waals surface area contributed by atoms with Crippen LogP contribution in [0.15, 0.2) is 18.3 Å². The average Bonchev–Trinajstić information content (AvgIpc) is 3.12. The molecule has 2 N–H and O–H groups in total. The number of pyridine rings is 1. The van der Waals surface area contributed by atoms with Gasteiger partial charge in [-0.15, -0.1) is 0 Å². The van der Waals surface area contributed by atoms with Crippen molar-refractivity contribution >= 4 is 28.9 Å². The van der Waals surface area contributed by atoms with Gasteiger partial charge in [-0.3, -0.25) is 15.2 Å². The van der Waals surface area contributed by atoms with Gasteiger partial charge in [-0.2, -0.15) is 5.10 Å². The van der Waals surface area contributed by atoms with E-state index in [4.69, 9.17) is 11.6 Å². The fraction of sp³-hybridized carbons (Fsp3) is 0.273. The molecule has 3 rings (SSSR count). The topological polar surface area (TPSA) is 96.7 Å². The maximum absolute atomic E-state index is 10.6. The smallest absolute Gasteiger partial charge is 0.289 e. The number of hydrogen-bond acceptors (Lipinski definition) is 5. The van der Waals surface area contributed by atoms with Crippen LogP contribution in [0.3, 0.4) is 0 Å². The van der Waals surface area contributed by atoms with Crippen molar-refractivity contribution in [3.05, 3.63) is 39.2 Å². The molecule has 0 amide bonds. The average molecular weight is 280 g/mol. The highest BCUT2D eigenvalue weighted by Gasteiger charge is 2.25. The first-order chi connectivity index (χ1) is 9.13. The highest BCUT2D eigenvalue weighted by atomic mass is 35.5. The third-order valence-electron chi connectivity index (χ3n) is 2.90. The summed E-state index contributed by atoms with van der Waals surface area (Å²) in [5, 5.41) is 20.7. The highest BCUT2D eigenvalue weighted by Crippen LogP contribution is 2.39. The Morgan fingerprint density at radius 2 is 2.26 bits per heavy atom. The van der Waals surface area contributed by atoms with Crippen molar-refractivity contribution < 1.29 is 4.92 Å². The molecule has 0 spiro atoms. The Labute approximate surface area is 113 Å². The van der Waals surface area contributed by atoms with Gasteiger partial charge in [-0.05, 0) is 12.8 Å². The molecule has 98 valence electrons. The number of rotatable bonds is 4. The minimum atomic E-state index is -0.539. The van der Waals surface area contributed by atoms with Gasteiger partial charge in [0.05, 0.1) is 9.95 Å². The molecule has 1 fully saturated rings. The molecule has 19 heavy (non-hydrogen) atoms. The number of nitrogens with one attached hydrogen (secondary N) is 2. The van der Waals surface area contributed by atoms with Gasteiger partial charge in [0.2, 0.25) is 0 Å². The molecule has 2 aromatic rings. The summed E-state index contributed by atoms with van der Waals surface area (Å²) in [7, 11) is 0. The van der Waals surface area contributed by atoms with Crippen molar-refractivity contribution in [2.24, 2.45) is 0 Å². The lowest BCUT2D eigenvalue weighted by atomic mass is 10.3. The first-order valence-corrected chi connectivity index (χ1v) is 6.13. The van der Waals surface area contributed by atoms with E-state index in [-0.39, 0.29) is 10.7 Å². The van der Waals surface area contributed by atoms with E-state index in [1.54, 1.807) is 0 Å². The lowest BCUT2D eigenvalue weighted by Gasteiger charge is -2.03. The summed E-state index contributed by atoms with van der Waals surface area (Å²) in [6.45, 7) is 0. The van der Waals surface area contributed by atoms with E-state index < -0.39 is 4.92 Å². The second-order valence-electron chi connectivity index (χ2n) is 4.39. The Morgan fingerprint density at radius 1 is 1.47 bits per heavy atom. The van der Waals surface area contributed by atoms with E-state index in [1.807, 2.05) is 6.07 Å². The number of nitro groups is 1. The van der Waals surface area contributed by atoms with Crippen LogP contribution in [-0.2, 0) is 0 Å². The minimum Gasteiger partial charge on any atom is -0.322 e. The van der Waals surface area contributed by atoms with Crippen LogP contribution in [0, 0.1) is 10.1 Å². The van der Waals surface area contributed by atoms with Gasteiger partial charge in [-0.1, -0.05) is 11.6 Å². The lowest BCUT2D eigenvalue weighted by molar-refractivity contribution is -0.385. The Morgan fingerprint density at radius 3 is 2.89 bits per heavy atom. The molecule has 1 aliphatic carbocycles. The molecule has 0 atom stereocenters. The summed E-state index contributed by atoms with van der Waals surface area (Å²) in [4.78, 5) is 14.0. The van der Waals surface area contributed by atoms with Gasteiger partial charge in [-0.25, -0.2) is 4.98 Å². The fourth-order valence-corrected chi connectivity index (χ4v) is 1.95. The number of nitrogens with zero attached hydrogens (tertiary/aromatic N) is 3. The number of halogens is 1. The minimum absolute atomic E-state index is 0.142. The van der Waals surface area contributed by atoms with Crippen LogP contribution in [0.1, 0.15) is 24.5 Å². The summed E-state index contributed by atoms with van der Waals surface area (Å²) < 4.78 is 0. The van der Waals surface area contributed by atoms with Crippen molar-refractivity contribution in [3.63, 3.8) is 0 Å². The van der Waals surface area contributed by atoms with E-state index >= 15 is 0 Å². The number of aromatic nitrogens is 3. The molecular weight excluding hydrogens is 270 g/mol. The van der Waals surface area contributed by atoms with Crippen LogP contribution in [0.2, 0.25) is 5.02 Å². The number of H-pyrrole nitrogens is 1. The molecule has 2 aromatic heterocycles. The van der Waals surface area contributed by atoms with Gasteiger partial charge >= 0.3 is 0 Å². The normalized spacial score (nSPS) is 14.4. The molecule has 0 saturated heterocycles. The second kappa shape index (κ2) is 4.51. The summed E-state index contributed by atoms with van der Waals surface area (Å²) in [6, 6.07) is 3.16. The molecule has 1 aliphatic rings. The van der Waals surface area contributed by atoms with E-state index in [2.05, 4.69) is 20.5 Å². The van der Waals surface area contributed by atoms with Crippen molar-refractivity contribution in [2.45, 2.75) is 18.8 Å². The first-order valence-electron chi connectivity index (χ1n) is 5.76. The van der Waals surface area contributed by atoms with Crippen molar-refractivity contribution in [1.82, 2.24) is 15.2 Å². The van der Waals surface area contributed by atoms with Crippen LogP contribution >= 0.6 is 11.6 Å². The van der Waals surface area contributed by atoms with E-state index in [9.17, 15) is 10.1 Å². The summed E-state index contributed by atoms with van der Waals surface area (Å²) in [6.07, 6.45) is 3.51. The highest BCUT2D eigenvalue weighted by molar-refractivity contribution is 6.33. The first kappa shape index (κ1) is 11.9. The largest absolute Gasteiger partial charge is 0.322 e. The fourth-order valence-electron chi connectivity index (χ4n) is 1.75. The Hall–Kier alpha value is -2.15. The van der Waals surface area contributed by atoms with Crippen LogP contribution in [0.25, 0.3) is 0 Å². The second-order valence-corrected chi connectivity index (χ2v) is 4.80. The monoisotopic (exact) mass is 279 g/mol. The standard InChI is InChI=1S/C11H10ClN5O2/c12-8-3-7(17(18)19)5-13-11(8)14-10-4-9(15-16-10)6-1-2-6/h3-6H,1-2H2,(H2,13,14,15,16). The number of anilines is 2. The zero-order valence-corrected chi connectivity index (χ0v) is 10.5. The maximum Gasteiger partial charge on any atom is 0.289 e. The Bertz CT molecular complexity index is 638. The molecule has 2 heterocycles. The van der Waals surface area contributed by atoms with Gasteiger partial charge in [0.1, 0.15) is 6.20 Å². The van der Waals surface area contributed by atoms with E-state index in [0.717, 1.165) is 11.9 Å². The third kappa shape index (κ3) is 2.50. The lowest BCUT2D eigenvalue weighted by Crippen LogP contribution is -1.96. The molecular formula is C11H10ClN5O2. The molecule has 1 saturated carbocycles. The van der Waals surface area contributed by atoms with Gasteiger partial charge in [0, 0.05) is 23.7 Å². The molecule has 7 nitrogen and oxygen atoms in total. The Balaban J connectivity index is 1.79. The quantitative estimate of drug-likeness (QED) is 0.662. The predicted molar refractivity (Wildman–Crippen MR) is 69.7 cm³/mol. The molecule has 0 aliphatic heterocycles. The molecule has 0 radical (unpaired) electrons. The van der Waals surface area contributed by atoms with Crippen LogP contribution in [0.5, 0.6) is 0 Å². The van der Waals surface area contributed by atoms with Crippen molar-refractivity contribution in [3.8, 4) is 0 Å². The summed E-state index contributed by atoms with van der Waals surface area (Å²) in [5.41, 5.74) is 0.941. The van der Waals surface area contributed by atoms with Gasteiger partial charge in [0.15, 0.2) is 11.6 Å². The maximum atomic E-state index is 10.6. The zero-order chi connectivity index (χ0) is 13.4. The van der Waals surface area contributed by atoms with Crippen LogP contribution < -0.4 is 5.32 Å². The third-order valence-corrected chi connectivity index (χ3v) is 3.19. The number of aromatic amines is 1. The molecule has 0 aromatic carbocycles. The zero-order valence-electron chi connectivity index (χ0n) is 9.76. The van der Waals surface area contributed by atoms with Crippen molar-refractivity contribution in [2.75, 3.05) is 5.32 Å². The SMILES string of the molecule is O=[N+]([O-])c1cnc(Nc2cc(C3CC3)[nH]n2)c(Cl)c1. The van der Waals surface area contributed by atoms with Gasteiger partial charge in [0.25, 0.3) is 5.69 Å². The molecule has 8 heteroatoms. The van der Waals surface area contributed by atoms with E-state index in [0.29, 0.717) is 17.6 Å². The van der Waals surface area contributed by atoms with E-state index in [1.165, 1.54) is 18.9 Å². The summed E-state index contributed by atoms with van der Waals surface area (Å²) >= 11 is 5.94. The van der Waals surface area contributed by atoms with Crippen LogP contribution in [-0.4, -0.2) is 20.1 Å². The predicted octanol–water partition coefficient (Wildman–Crippen LogP) is 2.99. The summed E-state index contributed by atoms with van der Waals surface area (Å²) in [5.74, 6) is 1.52. The number of hydrogen-bond donors (Lipinski definition) is 2. The Kier molecular flexibility index (Phi) is 2.83. The van der Waals surface area contributed by atoms with Crippen LogP contribution in [0.4, 0.5) is 17.3 Å².